The molecule has 1 aromatic heterocycles. The standard InChI is InChI=1S/C13H19F3N2O/c1-4-11-5-10(7-17-9(2)3)6-12(18-11)19-8-13(14,15)16/h5-6,9,17H,4,7-8H2,1-3H3. The molecule has 0 aliphatic carbocycles. The number of pyridine rings is 1. The first-order valence-corrected chi connectivity index (χ1v) is 6.23. The van der Waals surface area contributed by atoms with Crippen LogP contribution in [-0.2, 0) is 13.0 Å². The van der Waals surface area contributed by atoms with Crippen LogP contribution >= 0.6 is 0 Å². The highest BCUT2D eigenvalue weighted by Crippen LogP contribution is 2.19. The third-order valence-corrected chi connectivity index (χ3v) is 2.38. The van der Waals surface area contributed by atoms with Crippen molar-refractivity contribution in [2.45, 2.75) is 46.0 Å². The first-order chi connectivity index (χ1) is 8.80. The Morgan fingerprint density at radius 3 is 2.53 bits per heavy atom. The zero-order valence-corrected chi connectivity index (χ0v) is 11.3. The van der Waals surface area contributed by atoms with Crippen molar-refractivity contribution in [1.82, 2.24) is 10.3 Å². The summed E-state index contributed by atoms with van der Waals surface area (Å²) in [6.45, 7) is 5.17. The molecule has 0 aliphatic rings. The predicted molar refractivity (Wildman–Crippen MR) is 67.1 cm³/mol. The molecule has 0 amide bonds. The fourth-order valence-electron chi connectivity index (χ4n) is 1.46. The molecule has 0 spiro atoms. The van der Waals surface area contributed by atoms with E-state index >= 15 is 0 Å². The second kappa shape index (κ2) is 6.75. The Hall–Kier alpha value is -1.30. The molecular weight excluding hydrogens is 257 g/mol. The molecule has 1 N–H and O–H groups in total. The topological polar surface area (TPSA) is 34.1 Å². The third-order valence-electron chi connectivity index (χ3n) is 2.38. The van der Waals surface area contributed by atoms with E-state index < -0.39 is 12.8 Å². The Morgan fingerprint density at radius 1 is 1.32 bits per heavy atom. The van der Waals surface area contributed by atoms with E-state index in [1.54, 1.807) is 6.07 Å². The van der Waals surface area contributed by atoms with E-state index in [9.17, 15) is 13.2 Å². The molecule has 1 heterocycles. The van der Waals surface area contributed by atoms with Gasteiger partial charge in [0.25, 0.3) is 0 Å². The molecule has 0 fully saturated rings. The van der Waals surface area contributed by atoms with Crippen LogP contribution in [0.4, 0.5) is 13.2 Å². The second-order valence-electron chi connectivity index (χ2n) is 4.60. The van der Waals surface area contributed by atoms with Crippen molar-refractivity contribution in [1.29, 1.82) is 0 Å². The van der Waals surface area contributed by atoms with E-state index in [4.69, 9.17) is 4.74 Å². The molecule has 108 valence electrons. The minimum absolute atomic E-state index is 0.0252. The van der Waals surface area contributed by atoms with Gasteiger partial charge in [-0.05, 0) is 18.1 Å². The van der Waals surface area contributed by atoms with Crippen molar-refractivity contribution in [3.05, 3.63) is 23.4 Å². The van der Waals surface area contributed by atoms with Crippen LogP contribution in [0.2, 0.25) is 0 Å². The van der Waals surface area contributed by atoms with Crippen molar-refractivity contribution in [3.8, 4) is 5.88 Å². The first kappa shape index (κ1) is 15.8. The summed E-state index contributed by atoms with van der Waals surface area (Å²) < 4.78 is 41.0. The molecule has 19 heavy (non-hydrogen) atoms. The van der Waals surface area contributed by atoms with Gasteiger partial charge < -0.3 is 10.1 Å². The molecule has 0 aliphatic heterocycles. The molecule has 3 nitrogen and oxygen atoms in total. The number of nitrogens with zero attached hydrogens (tertiary/aromatic N) is 1. The van der Waals surface area contributed by atoms with Gasteiger partial charge in [0.1, 0.15) is 0 Å². The Morgan fingerprint density at radius 2 is 2.00 bits per heavy atom. The van der Waals surface area contributed by atoms with Crippen LogP contribution in [0.25, 0.3) is 0 Å². The van der Waals surface area contributed by atoms with Crippen molar-refractivity contribution in [2.24, 2.45) is 0 Å². The monoisotopic (exact) mass is 276 g/mol. The highest BCUT2D eigenvalue weighted by Gasteiger charge is 2.28. The van der Waals surface area contributed by atoms with Crippen LogP contribution < -0.4 is 10.1 Å². The Balaban J connectivity index is 2.77. The molecular formula is C13H19F3N2O. The number of alkyl halides is 3. The van der Waals surface area contributed by atoms with Crippen molar-refractivity contribution in [3.63, 3.8) is 0 Å². The summed E-state index contributed by atoms with van der Waals surface area (Å²) >= 11 is 0. The number of aryl methyl sites for hydroxylation is 1. The average molecular weight is 276 g/mol. The largest absolute Gasteiger partial charge is 0.468 e. The molecule has 0 radical (unpaired) electrons. The molecule has 6 heteroatoms. The minimum Gasteiger partial charge on any atom is -0.468 e. The first-order valence-electron chi connectivity index (χ1n) is 6.23. The molecule has 0 unspecified atom stereocenters. The van der Waals surface area contributed by atoms with Crippen LogP contribution in [0.3, 0.4) is 0 Å². The molecule has 0 aromatic carbocycles. The van der Waals surface area contributed by atoms with Gasteiger partial charge in [0.2, 0.25) is 5.88 Å². The van der Waals surface area contributed by atoms with Gasteiger partial charge in [-0.15, -0.1) is 0 Å². The van der Waals surface area contributed by atoms with Gasteiger partial charge >= 0.3 is 6.18 Å². The maximum atomic E-state index is 12.1. The Kier molecular flexibility index (Phi) is 5.60. The molecule has 0 saturated heterocycles. The quantitative estimate of drug-likeness (QED) is 0.867. The van der Waals surface area contributed by atoms with Crippen molar-refractivity contribution < 1.29 is 17.9 Å². The van der Waals surface area contributed by atoms with Gasteiger partial charge in [0.05, 0.1) is 0 Å². The van der Waals surface area contributed by atoms with E-state index in [2.05, 4.69) is 10.3 Å². The van der Waals surface area contributed by atoms with E-state index in [0.29, 0.717) is 19.0 Å². The van der Waals surface area contributed by atoms with Gasteiger partial charge in [0.15, 0.2) is 6.61 Å². The lowest BCUT2D eigenvalue weighted by Crippen LogP contribution is -2.22. The fraction of sp³-hybridized carbons (Fsp3) is 0.615. The predicted octanol–water partition coefficient (Wildman–Crippen LogP) is 3.08. The van der Waals surface area contributed by atoms with Crippen LogP contribution in [0.1, 0.15) is 32.0 Å². The summed E-state index contributed by atoms with van der Waals surface area (Å²) in [6.07, 6.45) is -3.70. The number of aromatic nitrogens is 1. The molecule has 1 rings (SSSR count). The Labute approximate surface area is 111 Å². The zero-order chi connectivity index (χ0) is 14.5. The van der Waals surface area contributed by atoms with Crippen LogP contribution in [0.5, 0.6) is 5.88 Å². The normalized spacial score (nSPS) is 11.9. The number of rotatable bonds is 6. The summed E-state index contributed by atoms with van der Waals surface area (Å²) in [5, 5.41) is 3.21. The third kappa shape index (κ3) is 6.42. The molecule has 0 atom stereocenters. The minimum atomic E-state index is -4.35. The zero-order valence-electron chi connectivity index (χ0n) is 11.3. The smallest absolute Gasteiger partial charge is 0.422 e. The Bertz CT molecular complexity index is 405. The number of hydrogen-bond donors (Lipinski definition) is 1. The van der Waals surface area contributed by atoms with Gasteiger partial charge in [-0.3, -0.25) is 0 Å². The summed E-state index contributed by atoms with van der Waals surface area (Å²) in [5.74, 6) is 0.0252. The van der Waals surface area contributed by atoms with E-state index in [1.165, 1.54) is 0 Å². The molecule has 1 aromatic rings. The van der Waals surface area contributed by atoms with Gasteiger partial charge in [-0.25, -0.2) is 4.98 Å². The van der Waals surface area contributed by atoms with Crippen LogP contribution in [0.15, 0.2) is 12.1 Å². The fourth-order valence-corrected chi connectivity index (χ4v) is 1.46. The van der Waals surface area contributed by atoms with Crippen LogP contribution in [0, 0.1) is 0 Å². The summed E-state index contributed by atoms with van der Waals surface area (Å²) in [4.78, 5) is 4.03. The highest BCUT2D eigenvalue weighted by atomic mass is 19.4. The van der Waals surface area contributed by atoms with Crippen LogP contribution in [-0.4, -0.2) is 23.8 Å². The highest BCUT2D eigenvalue weighted by molar-refractivity contribution is 5.25. The van der Waals surface area contributed by atoms with E-state index in [1.807, 2.05) is 26.8 Å². The van der Waals surface area contributed by atoms with Gasteiger partial charge in [-0.1, -0.05) is 20.8 Å². The average Bonchev–Trinajstić information content (AvgIpc) is 2.33. The lowest BCUT2D eigenvalue weighted by Gasteiger charge is -2.12. The summed E-state index contributed by atoms with van der Waals surface area (Å²) in [5.41, 5.74) is 1.60. The second-order valence-corrected chi connectivity index (χ2v) is 4.60. The molecule has 0 saturated carbocycles. The van der Waals surface area contributed by atoms with Gasteiger partial charge in [-0.2, -0.15) is 13.2 Å². The van der Waals surface area contributed by atoms with Crippen molar-refractivity contribution in [2.75, 3.05) is 6.61 Å². The maximum Gasteiger partial charge on any atom is 0.422 e. The number of nitrogens with one attached hydrogen (secondary N) is 1. The maximum absolute atomic E-state index is 12.1. The van der Waals surface area contributed by atoms with E-state index in [0.717, 1.165) is 11.3 Å². The number of ether oxygens (including phenoxy) is 1. The van der Waals surface area contributed by atoms with E-state index in [-0.39, 0.29) is 5.88 Å². The number of halogens is 3. The summed E-state index contributed by atoms with van der Waals surface area (Å²) in [6, 6.07) is 3.72. The SMILES string of the molecule is CCc1cc(CNC(C)C)cc(OCC(F)(F)F)n1. The number of hydrogen-bond acceptors (Lipinski definition) is 3. The molecule has 0 bridgehead atoms. The van der Waals surface area contributed by atoms with Gasteiger partial charge in [0, 0.05) is 24.3 Å². The lowest BCUT2D eigenvalue weighted by atomic mass is 10.2. The summed E-state index contributed by atoms with van der Waals surface area (Å²) in [7, 11) is 0. The lowest BCUT2D eigenvalue weighted by molar-refractivity contribution is -0.154. The van der Waals surface area contributed by atoms with Crippen molar-refractivity contribution >= 4 is 0 Å².